The van der Waals surface area contributed by atoms with E-state index in [1.165, 1.54) is 11.1 Å². The Kier molecular flexibility index (Phi) is 3.73. The zero-order chi connectivity index (χ0) is 16.5. The van der Waals surface area contributed by atoms with E-state index in [1.54, 1.807) is 12.1 Å². The van der Waals surface area contributed by atoms with Crippen molar-refractivity contribution >= 4 is 0 Å². The molecule has 0 atom stereocenters. The summed E-state index contributed by atoms with van der Waals surface area (Å²) >= 11 is 0. The minimum atomic E-state index is 0.210. The number of phenols is 2. The summed E-state index contributed by atoms with van der Waals surface area (Å²) in [6.07, 6.45) is 3.43. The highest BCUT2D eigenvalue weighted by Gasteiger charge is 2.17. The van der Waals surface area contributed by atoms with Crippen molar-refractivity contribution in [2.24, 2.45) is 0 Å². The number of aryl methyl sites for hydroxylation is 4. The fourth-order valence-corrected chi connectivity index (χ4v) is 3.50. The molecule has 4 aliphatic carbocycles. The molecule has 0 radical (unpaired) electrons. The SMILES string of the molecule is Oc1ccccc1-c1c2ccc(c1O)CCc1ccc(cc1)CC2. The molecule has 2 heteroatoms. The zero-order valence-corrected chi connectivity index (χ0v) is 13.5. The molecule has 0 saturated carbocycles. The van der Waals surface area contributed by atoms with E-state index in [9.17, 15) is 10.2 Å². The molecule has 0 heterocycles. The van der Waals surface area contributed by atoms with E-state index in [0.717, 1.165) is 42.4 Å². The molecule has 0 aliphatic heterocycles. The standard InChI is InChI=1S/C22H20O2/c23-20-4-2-1-3-19(20)21-17-11-9-15-5-7-16(8-6-15)10-12-18(14-13-17)22(21)24/h1-8,13-14,23-24H,9-12H2. The van der Waals surface area contributed by atoms with Crippen molar-refractivity contribution in [1.82, 2.24) is 0 Å². The molecule has 0 aromatic heterocycles. The van der Waals surface area contributed by atoms with Crippen molar-refractivity contribution in [2.45, 2.75) is 25.7 Å². The number of hydrogen-bond acceptors (Lipinski definition) is 2. The zero-order valence-electron chi connectivity index (χ0n) is 13.5. The van der Waals surface area contributed by atoms with Gasteiger partial charge in [0.1, 0.15) is 11.5 Å². The Morgan fingerprint density at radius 1 is 0.583 bits per heavy atom. The van der Waals surface area contributed by atoms with E-state index in [4.69, 9.17) is 0 Å². The van der Waals surface area contributed by atoms with Gasteiger partial charge in [-0.3, -0.25) is 0 Å². The summed E-state index contributed by atoms with van der Waals surface area (Å²) in [5.74, 6) is 0.519. The average Bonchev–Trinajstić information content (AvgIpc) is 2.59. The molecule has 4 bridgehead atoms. The van der Waals surface area contributed by atoms with Gasteiger partial charge in [-0.25, -0.2) is 0 Å². The van der Waals surface area contributed by atoms with E-state index in [2.05, 4.69) is 30.3 Å². The topological polar surface area (TPSA) is 40.5 Å². The Morgan fingerprint density at radius 3 is 1.83 bits per heavy atom. The van der Waals surface area contributed by atoms with Crippen LogP contribution in [0.25, 0.3) is 11.1 Å². The third-order valence-electron chi connectivity index (χ3n) is 4.91. The monoisotopic (exact) mass is 316 g/mol. The first kappa shape index (κ1) is 14.8. The van der Waals surface area contributed by atoms with Gasteiger partial charge >= 0.3 is 0 Å². The Labute approximate surface area is 142 Å². The van der Waals surface area contributed by atoms with Crippen LogP contribution in [0.1, 0.15) is 22.3 Å². The fraction of sp³-hybridized carbons (Fsp3) is 0.182. The lowest BCUT2D eigenvalue weighted by molar-refractivity contribution is 0.464. The van der Waals surface area contributed by atoms with Crippen LogP contribution in [0.4, 0.5) is 0 Å². The first-order valence-corrected chi connectivity index (χ1v) is 8.42. The quantitative estimate of drug-likeness (QED) is 0.686. The fourth-order valence-electron chi connectivity index (χ4n) is 3.50. The molecule has 7 rings (SSSR count). The molecule has 24 heavy (non-hydrogen) atoms. The number of aromatic hydroxyl groups is 2. The van der Waals surface area contributed by atoms with Gasteiger partial charge in [0.05, 0.1) is 0 Å². The lowest BCUT2D eigenvalue weighted by atomic mass is 9.89. The summed E-state index contributed by atoms with van der Waals surface area (Å²) in [4.78, 5) is 0. The molecule has 3 aromatic rings. The van der Waals surface area contributed by atoms with Crippen molar-refractivity contribution in [3.63, 3.8) is 0 Å². The lowest BCUT2D eigenvalue weighted by Crippen LogP contribution is -2.01. The van der Waals surface area contributed by atoms with E-state index < -0.39 is 0 Å². The van der Waals surface area contributed by atoms with Crippen molar-refractivity contribution in [1.29, 1.82) is 0 Å². The van der Waals surface area contributed by atoms with Crippen LogP contribution in [0, 0.1) is 0 Å². The summed E-state index contributed by atoms with van der Waals surface area (Å²) in [6.45, 7) is 0. The van der Waals surface area contributed by atoms with Gasteiger partial charge in [0.15, 0.2) is 0 Å². The molecule has 0 unspecified atom stereocenters. The van der Waals surface area contributed by atoms with Gasteiger partial charge in [0.2, 0.25) is 0 Å². The normalized spacial score (nSPS) is 13.5. The van der Waals surface area contributed by atoms with Crippen LogP contribution in [-0.4, -0.2) is 10.2 Å². The molecule has 2 N–H and O–H groups in total. The van der Waals surface area contributed by atoms with Crippen LogP contribution >= 0.6 is 0 Å². The van der Waals surface area contributed by atoms with E-state index in [1.807, 2.05) is 18.2 Å². The minimum Gasteiger partial charge on any atom is -0.507 e. The molecule has 3 aromatic carbocycles. The van der Waals surface area contributed by atoms with Crippen LogP contribution in [-0.2, 0) is 25.7 Å². The Morgan fingerprint density at radius 2 is 1.17 bits per heavy atom. The second-order valence-corrected chi connectivity index (χ2v) is 6.44. The summed E-state index contributed by atoms with van der Waals surface area (Å²) in [7, 11) is 0. The maximum absolute atomic E-state index is 10.9. The second kappa shape index (κ2) is 6.04. The molecular weight excluding hydrogens is 296 g/mol. The average molecular weight is 316 g/mol. The van der Waals surface area contributed by atoms with Crippen LogP contribution < -0.4 is 0 Å². The number of benzene rings is 3. The lowest BCUT2D eigenvalue weighted by Gasteiger charge is -2.18. The third kappa shape index (κ3) is 2.65. The van der Waals surface area contributed by atoms with Crippen LogP contribution in [0.3, 0.4) is 0 Å². The van der Waals surface area contributed by atoms with Gasteiger partial charge in [-0.15, -0.1) is 0 Å². The largest absolute Gasteiger partial charge is 0.507 e. The van der Waals surface area contributed by atoms with Crippen LogP contribution in [0.5, 0.6) is 11.5 Å². The van der Waals surface area contributed by atoms with Gasteiger partial charge in [-0.1, -0.05) is 54.6 Å². The third-order valence-corrected chi connectivity index (χ3v) is 4.91. The molecule has 0 saturated heterocycles. The first-order valence-electron chi connectivity index (χ1n) is 8.42. The van der Waals surface area contributed by atoms with Crippen molar-refractivity contribution < 1.29 is 10.2 Å². The number of phenolic OH excluding ortho intramolecular Hbond substituents is 2. The van der Waals surface area contributed by atoms with Gasteiger partial charge in [-0.05, 0) is 54.0 Å². The van der Waals surface area contributed by atoms with E-state index in [0.29, 0.717) is 11.3 Å². The molecule has 0 spiro atoms. The molecule has 2 nitrogen and oxygen atoms in total. The minimum absolute atomic E-state index is 0.210. The molecule has 0 amide bonds. The number of para-hydroxylation sites is 1. The molecular formula is C22H20O2. The second-order valence-electron chi connectivity index (χ2n) is 6.44. The predicted molar refractivity (Wildman–Crippen MR) is 96.5 cm³/mol. The van der Waals surface area contributed by atoms with E-state index >= 15 is 0 Å². The first-order chi connectivity index (χ1) is 11.7. The Hall–Kier alpha value is -2.74. The smallest absolute Gasteiger partial charge is 0.127 e. The van der Waals surface area contributed by atoms with Gasteiger partial charge in [0.25, 0.3) is 0 Å². The van der Waals surface area contributed by atoms with Gasteiger partial charge in [0, 0.05) is 11.1 Å². The summed E-state index contributed by atoms with van der Waals surface area (Å²) in [5, 5.41) is 21.2. The Bertz CT molecular complexity index is 879. The summed E-state index contributed by atoms with van der Waals surface area (Å²) in [6, 6.07) is 20.1. The highest BCUT2D eigenvalue weighted by molar-refractivity contribution is 5.79. The molecule has 4 aliphatic rings. The Balaban J connectivity index is 1.88. The van der Waals surface area contributed by atoms with Crippen LogP contribution in [0.2, 0.25) is 0 Å². The highest BCUT2D eigenvalue weighted by Crippen LogP contribution is 2.41. The number of hydrogen-bond donors (Lipinski definition) is 2. The van der Waals surface area contributed by atoms with Crippen molar-refractivity contribution in [2.75, 3.05) is 0 Å². The van der Waals surface area contributed by atoms with Crippen molar-refractivity contribution in [3.8, 4) is 22.6 Å². The van der Waals surface area contributed by atoms with E-state index in [-0.39, 0.29) is 5.75 Å². The predicted octanol–water partition coefficient (Wildman–Crippen LogP) is 4.65. The van der Waals surface area contributed by atoms with Crippen LogP contribution in [0.15, 0.2) is 60.7 Å². The highest BCUT2D eigenvalue weighted by atomic mass is 16.3. The summed E-state index contributed by atoms with van der Waals surface area (Å²) < 4.78 is 0. The van der Waals surface area contributed by atoms with Gasteiger partial charge < -0.3 is 10.2 Å². The number of rotatable bonds is 1. The van der Waals surface area contributed by atoms with Gasteiger partial charge in [-0.2, -0.15) is 0 Å². The molecule has 0 fully saturated rings. The maximum Gasteiger partial charge on any atom is 0.127 e. The van der Waals surface area contributed by atoms with Crippen molar-refractivity contribution in [3.05, 3.63) is 82.9 Å². The maximum atomic E-state index is 10.9. The summed E-state index contributed by atoms with van der Waals surface area (Å²) in [5.41, 5.74) is 6.07. The molecule has 120 valence electrons.